The molecule has 0 heterocycles. The van der Waals surface area contributed by atoms with Crippen LogP contribution in [0.5, 0.6) is 11.5 Å². The molecule has 0 saturated heterocycles. The summed E-state index contributed by atoms with van der Waals surface area (Å²) in [6.45, 7) is 0.0845. The van der Waals surface area contributed by atoms with Gasteiger partial charge in [0.1, 0.15) is 0 Å². The van der Waals surface area contributed by atoms with E-state index in [9.17, 15) is 4.79 Å². The van der Waals surface area contributed by atoms with Gasteiger partial charge < -0.3 is 19.9 Å². The second-order valence-electron chi connectivity index (χ2n) is 2.83. The molecule has 1 rings (SSSR count). The lowest BCUT2D eigenvalue weighted by atomic mass is 10.1. The molecule has 15 heavy (non-hydrogen) atoms. The first-order chi connectivity index (χ1) is 7.24. The van der Waals surface area contributed by atoms with Gasteiger partial charge in [-0.3, -0.25) is 4.79 Å². The van der Waals surface area contributed by atoms with Gasteiger partial charge in [0.2, 0.25) is 5.75 Å². The summed E-state index contributed by atoms with van der Waals surface area (Å²) in [5, 5.41) is 0. The van der Waals surface area contributed by atoms with Crippen LogP contribution in [-0.4, -0.2) is 27.3 Å². The summed E-state index contributed by atoms with van der Waals surface area (Å²) >= 11 is 0. The van der Waals surface area contributed by atoms with Crippen LogP contribution in [0.2, 0.25) is 0 Å². The fourth-order valence-corrected chi connectivity index (χ4v) is 1.17. The minimum Gasteiger partial charge on any atom is -0.493 e. The van der Waals surface area contributed by atoms with Gasteiger partial charge in [-0.1, -0.05) is 0 Å². The molecule has 0 atom stereocenters. The quantitative estimate of drug-likeness (QED) is 0.565. The maximum absolute atomic E-state index is 10.7. The van der Waals surface area contributed by atoms with Crippen molar-refractivity contribution in [2.75, 3.05) is 21.0 Å². The Morgan fingerprint density at radius 2 is 2.13 bits per heavy atom. The first-order valence-corrected chi connectivity index (χ1v) is 4.34. The molecule has 0 saturated carbocycles. The van der Waals surface area contributed by atoms with Crippen LogP contribution in [0.25, 0.3) is 0 Å². The lowest BCUT2D eigenvalue weighted by molar-refractivity contribution is -0.257. The van der Waals surface area contributed by atoms with Crippen molar-refractivity contribution in [2.45, 2.75) is 0 Å². The summed E-state index contributed by atoms with van der Waals surface area (Å²) in [6.07, 6.45) is 0.724. The molecule has 0 unspecified atom stereocenters. The van der Waals surface area contributed by atoms with Crippen LogP contribution < -0.4 is 15.2 Å². The van der Waals surface area contributed by atoms with Crippen LogP contribution in [0, 0.1) is 0 Å². The van der Waals surface area contributed by atoms with Crippen molar-refractivity contribution in [1.82, 2.24) is 0 Å². The molecule has 3 N–H and O–H groups in total. The van der Waals surface area contributed by atoms with E-state index in [2.05, 4.69) is 5.73 Å². The van der Waals surface area contributed by atoms with E-state index in [1.165, 1.54) is 14.2 Å². The molecule has 82 valence electrons. The Bertz CT molecular complexity index is 352. The zero-order valence-electron chi connectivity index (χ0n) is 8.78. The van der Waals surface area contributed by atoms with Gasteiger partial charge in [-0.05, 0) is 12.1 Å². The highest BCUT2D eigenvalue weighted by Crippen LogP contribution is 2.34. The first-order valence-electron chi connectivity index (χ1n) is 4.34. The van der Waals surface area contributed by atoms with Crippen LogP contribution in [0.15, 0.2) is 12.1 Å². The predicted octanol–water partition coefficient (Wildman–Crippen LogP) is 0.364. The van der Waals surface area contributed by atoms with Gasteiger partial charge in [-0.2, -0.15) is 0 Å². The number of carbonyl (C=O) groups excluding carboxylic acids is 1. The summed E-state index contributed by atoms with van der Waals surface area (Å²) in [4.78, 5) is 10.7. The average molecular weight is 212 g/mol. The van der Waals surface area contributed by atoms with Crippen molar-refractivity contribution >= 4 is 12.0 Å². The second-order valence-corrected chi connectivity index (χ2v) is 2.83. The summed E-state index contributed by atoms with van der Waals surface area (Å²) in [5.74, 6) is 0.964. The third-order valence-electron chi connectivity index (χ3n) is 1.93. The molecule has 0 radical (unpaired) electrons. The Morgan fingerprint density at radius 3 is 2.67 bits per heavy atom. The molecule has 0 amide bonds. The van der Waals surface area contributed by atoms with E-state index in [-0.39, 0.29) is 6.79 Å². The molecule has 1 aromatic rings. The van der Waals surface area contributed by atoms with Crippen LogP contribution in [-0.2, 0) is 4.74 Å². The Labute approximate surface area is 87.7 Å². The Balaban J connectivity index is 3.10. The third kappa shape index (κ3) is 2.45. The number of hydrogen-bond donors (Lipinski definition) is 1. The number of carbonyl (C=O) groups is 1. The van der Waals surface area contributed by atoms with E-state index in [4.69, 9.17) is 14.2 Å². The van der Waals surface area contributed by atoms with Crippen LogP contribution in [0.1, 0.15) is 10.4 Å². The van der Waals surface area contributed by atoms with E-state index < -0.39 is 0 Å². The largest absolute Gasteiger partial charge is 0.493 e. The third-order valence-corrected chi connectivity index (χ3v) is 1.93. The summed E-state index contributed by atoms with van der Waals surface area (Å²) < 4.78 is 15.1. The fourth-order valence-electron chi connectivity index (χ4n) is 1.17. The Kier molecular flexibility index (Phi) is 4.08. The molecule has 0 spiro atoms. The van der Waals surface area contributed by atoms with Gasteiger partial charge in [-0.25, -0.2) is 0 Å². The predicted molar refractivity (Wildman–Crippen MR) is 53.4 cm³/mol. The molecule has 0 fully saturated rings. The number of quaternary nitrogens is 1. The van der Waals surface area contributed by atoms with E-state index in [0.29, 0.717) is 22.7 Å². The highest BCUT2D eigenvalue weighted by Gasteiger charge is 2.15. The molecule has 0 aliphatic heterocycles. The lowest BCUT2D eigenvalue weighted by Gasteiger charge is -2.10. The highest BCUT2D eigenvalue weighted by molar-refractivity contribution is 5.84. The number of ether oxygens (including phenoxy) is 3. The topological polar surface area (TPSA) is 72.4 Å². The van der Waals surface area contributed by atoms with Gasteiger partial charge in [0.15, 0.2) is 24.5 Å². The molecule has 0 aromatic heterocycles. The first kappa shape index (κ1) is 11.5. The molecular weight excluding hydrogens is 198 g/mol. The summed E-state index contributed by atoms with van der Waals surface area (Å²) in [5.41, 5.74) is 4.74. The fraction of sp³-hybridized carbons (Fsp3) is 0.300. The van der Waals surface area contributed by atoms with Crippen molar-refractivity contribution in [3.05, 3.63) is 17.7 Å². The zero-order valence-corrected chi connectivity index (χ0v) is 8.78. The number of aldehydes is 1. The van der Waals surface area contributed by atoms with Crippen LogP contribution >= 0.6 is 0 Å². The van der Waals surface area contributed by atoms with Crippen molar-refractivity contribution in [1.29, 1.82) is 0 Å². The van der Waals surface area contributed by atoms with Crippen molar-refractivity contribution in [2.24, 2.45) is 0 Å². The Morgan fingerprint density at radius 1 is 1.40 bits per heavy atom. The molecule has 5 heteroatoms. The second kappa shape index (κ2) is 5.33. The number of rotatable bonds is 5. The number of hydrogen-bond acceptors (Lipinski definition) is 4. The van der Waals surface area contributed by atoms with Crippen molar-refractivity contribution in [3.8, 4) is 11.5 Å². The SMILES string of the molecule is COCOc1c(OC)ccc(C=O)c1[NH3+]. The van der Waals surface area contributed by atoms with Crippen LogP contribution in [0.4, 0.5) is 5.69 Å². The molecular formula is C10H14NO4+. The van der Waals surface area contributed by atoms with E-state index in [1.54, 1.807) is 12.1 Å². The molecule has 0 aliphatic rings. The van der Waals surface area contributed by atoms with Crippen molar-refractivity contribution in [3.63, 3.8) is 0 Å². The summed E-state index contributed by atoms with van der Waals surface area (Å²) in [7, 11) is 3.04. The van der Waals surface area contributed by atoms with Gasteiger partial charge in [0, 0.05) is 7.11 Å². The maximum Gasteiger partial charge on any atom is 0.225 e. The smallest absolute Gasteiger partial charge is 0.225 e. The zero-order chi connectivity index (χ0) is 11.3. The number of methoxy groups -OCH3 is 2. The van der Waals surface area contributed by atoms with Gasteiger partial charge in [0.05, 0.1) is 12.7 Å². The van der Waals surface area contributed by atoms with Crippen LogP contribution in [0.3, 0.4) is 0 Å². The van der Waals surface area contributed by atoms with Gasteiger partial charge in [0.25, 0.3) is 0 Å². The maximum atomic E-state index is 10.7. The highest BCUT2D eigenvalue weighted by atomic mass is 16.7. The standard InChI is InChI=1S/C10H13NO4/c1-13-6-15-10-8(14-2)4-3-7(5-12)9(10)11/h3-5H,6,11H2,1-2H3/p+1. The Hall–Kier alpha value is -1.59. The molecule has 5 nitrogen and oxygen atoms in total. The summed E-state index contributed by atoms with van der Waals surface area (Å²) in [6, 6.07) is 3.29. The van der Waals surface area contributed by atoms with Crippen molar-refractivity contribution < 1.29 is 24.7 Å². The molecule has 1 aromatic carbocycles. The minimum absolute atomic E-state index is 0.0845. The minimum atomic E-state index is 0.0845. The van der Waals surface area contributed by atoms with E-state index in [0.717, 1.165) is 6.29 Å². The van der Waals surface area contributed by atoms with E-state index >= 15 is 0 Å². The monoisotopic (exact) mass is 212 g/mol. The number of benzene rings is 1. The van der Waals surface area contributed by atoms with Gasteiger partial charge in [-0.15, -0.1) is 0 Å². The molecule has 0 bridgehead atoms. The van der Waals surface area contributed by atoms with Gasteiger partial charge >= 0.3 is 0 Å². The lowest BCUT2D eigenvalue weighted by Crippen LogP contribution is -2.42. The molecule has 0 aliphatic carbocycles. The average Bonchev–Trinajstić information content (AvgIpc) is 2.27. The van der Waals surface area contributed by atoms with E-state index in [1.807, 2.05) is 0 Å². The normalized spacial score (nSPS) is 9.80.